The second-order valence-corrected chi connectivity index (χ2v) is 8.27. The number of ether oxygens (including phenoxy) is 1. The van der Waals surface area contributed by atoms with Crippen LogP contribution in [0.5, 0.6) is 0 Å². The summed E-state index contributed by atoms with van der Waals surface area (Å²) >= 11 is 0. The van der Waals surface area contributed by atoms with Gasteiger partial charge in [0, 0.05) is 13.1 Å². The summed E-state index contributed by atoms with van der Waals surface area (Å²) in [6.45, 7) is 11.0. The molecule has 1 fully saturated rings. The number of carbonyl (C=O) groups is 2. The van der Waals surface area contributed by atoms with Crippen molar-refractivity contribution in [1.29, 1.82) is 0 Å². The molecule has 0 aliphatic carbocycles. The molecule has 2 amide bonds. The van der Waals surface area contributed by atoms with Gasteiger partial charge in [-0.2, -0.15) is 0 Å². The molecule has 0 radical (unpaired) electrons. The predicted molar refractivity (Wildman–Crippen MR) is 103 cm³/mol. The average molecular weight is 360 g/mol. The summed E-state index contributed by atoms with van der Waals surface area (Å²) in [5.74, 6) is 0.428. The molecule has 1 aromatic carbocycles. The lowest BCUT2D eigenvalue weighted by Gasteiger charge is -2.28. The molecule has 26 heavy (non-hydrogen) atoms. The van der Waals surface area contributed by atoms with Crippen LogP contribution in [-0.4, -0.2) is 41.6 Å². The number of hydrogen-bond donors (Lipinski definition) is 1. The van der Waals surface area contributed by atoms with E-state index in [9.17, 15) is 9.59 Å². The molecule has 1 aliphatic heterocycles. The summed E-state index contributed by atoms with van der Waals surface area (Å²) in [6, 6.07) is 8.09. The highest BCUT2D eigenvalue weighted by molar-refractivity contribution is 5.86. The number of amides is 2. The van der Waals surface area contributed by atoms with Crippen molar-refractivity contribution in [3.63, 3.8) is 0 Å². The summed E-state index contributed by atoms with van der Waals surface area (Å²) in [5, 5.41) is 2.97. The smallest absolute Gasteiger partial charge is 0.410 e. The van der Waals surface area contributed by atoms with E-state index in [1.165, 1.54) is 11.1 Å². The van der Waals surface area contributed by atoms with Crippen LogP contribution in [0.2, 0.25) is 0 Å². The first kappa shape index (κ1) is 20.3. The molecule has 1 saturated heterocycles. The van der Waals surface area contributed by atoms with Gasteiger partial charge < -0.3 is 10.1 Å². The first-order chi connectivity index (χ1) is 12.2. The molecular weight excluding hydrogens is 328 g/mol. The lowest BCUT2D eigenvalue weighted by atomic mass is 10.0. The van der Waals surface area contributed by atoms with Crippen LogP contribution in [0.3, 0.4) is 0 Å². The fourth-order valence-electron chi connectivity index (χ4n) is 3.10. The molecule has 5 heteroatoms. The molecule has 5 nitrogen and oxygen atoms in total. The normalized spacial score (nSPS) is 17.5. The van der Waals surface area contributed by atoms with Gasteiger partial charge in [-0.05, 0) is 57.1 Å². The highest BCUT2D eigenvalue weighted by Gasteiger charge is 2.36. The molecule has 1 aliphatic rings. The molecule has 1 heterocycles. The van der Waals surface area contributed by atoms with Crippen molar-refractivity contribution in [3.05, 3.63) is 35.4 Å². The minimum atomic E-state index is -0.553. The Balaban J connectivity index is 1.83. The third-order valence-corrected chi connectivity index (χ3v) is 4.54. The fraction of sp³-hybridized carbons (Fsp3) is 0.619. The van der Waals surface area contributed by atoms with E-state index in [0.29, 0.717) is 25.4 Å². The van der Waals surface area contributed by atoms with Gasteiger partial charge in [-0.1, -0.05) is 38.1 Å². The van der Waals surface area contributed by atoms with Crippen LogP contribution in [0.4, 0.5) is 4.79 Å². The van der Waals surface area contributed by atoms with E-state index in [1.807, 2.05) is 20.8 Å². The van der Waals surface area contributed by atoms with Crippen LogP contribution in [0, 0.1) is 0 Å². The summed E-state index contributed by atoms with van der Waals surface area (Å²) in [6.07, 6.45) is 1.89. The molecule has 0 bridgehead atoms. The van der Waals surface area contributed by atoms with Crippen molar-refractivity contribution in [2.24, 2.45) is 0 Å². The molecule has 1 unspecified atom stereocenters. The minimum absolute atomic E-state index is 0.0906. The Kier molecular flexibility index (Phi) is 6.68. The summed E-state index contributed by atoms with van der Waals surface area (Å²) in [5.41, 5.74) is 1.96. The third-order valence-electron chi connectivity index (χ3n) is 4.54. The van der Waals surface area contributed by atoms with Crippen LogP contribution in [0.1, 0.15) is 64.5 Å². The van der Waals surface area contributed by atoms with E-state index >= 15 is 0 Å². The second kappa shape index (κ2) is 8.56. The van der Waals surface area contributed by atoms with Crippen molar-refractivity contribution in [2.75, 3.05) is 13.1 Å². The monoisotopic (exact) mass is 360 g/mol. The van der Waals surface area contributed by atoms with Crippen molar-refractivity contribution < 1.29 is 14.3 Å². The Morgan fingerprint density at radius 3 is 2.46 bits per heavy atom. The Morgan fingerprint density at radius 1 is 1.23 bits per heavy atom. The minimum Gasteiger partial charge on any atom is -0.444 e. The van der Waals surface area contributed by atoms with E-state index < -0.39 is 17.7 Å². The van der Waals surface area contributed by atoms with Crippen molar-refractivity contribution in [3.8, 4) is 0 Å². The second-order valence-electron chi connectivity index (χ2n) is 8.27. The van der Waals surface area contributed by atoms with Crippen molar-refractivity contribution >= 4 is 12.0 Å². The van der Waals surface area contributed by atoms with Gasteiger partial charge in [0.2, 0.25) is 5.91 Å². The van der Waals surface area contributed by atoms with Crippen LogP contribution in [-0.2, 0) is 16.0 Å². The molecule has 0 spiro atoms. The topological polar surface area (TPSA) is 58.6 Å². The predicted octanol–water partition coefficient (Wildman–Crippen LogP) is 3.87. The molecule has 1 aromatic rings. The van der Waals surface area contributed by atoms with E-state index in [1.54, 1.807) is 4.90 Å². The van der Waals surface area contributed by atoms with Crippen molar-refractivity contribution in [2.45, 2.75) is 71.4 Å². The van der Waals surface area contributed by atoms with E-state index in [4.69, 9.17) is 4.74 Å². The number of nitrogens with zero attached hydrogens (tertiary/aromatic N) is 1. The average Bonchev–Trinajstić information content (AvgIpc) is 3.03. The first-order valence-corrected chi connectivity index (χ1v) is 9.53. The number of hydrogen-bond acceptors (Lipinski definition) is 3. The van der Waals surface area contributed by atoms with Gasteiger partial charge in [-0.15, -0.1) is 0 Å². The van der Waals surface area contributed by atoms with Gasteiger partial charge >= 0.3 is 6.09 Å². The lowest BCUT2D eigenvalue weighted by Crippen LogP contribution is -2.47. The largest absolute Gasteiger partial charge is 0.444 e. The molecule has 1 N–H and O–H groups in total. The molecule has 0 saturated carbocycles. The Bertz CT molecular complexity index is 617. The maximum Gasteiger partial charge on any atom is 0.410 e. The van der Waals surface area contributed by atoms with Crippen molar-refractivity contribution in [1.82, 2.24) is 10.2 Å². The van der Waals surface area contributed by atoms with E-state index in [2.05, 4.69) is 43.4 Å². The Morgan fingerprint density at radius 2 is 1.88 bits per heavy atom. The standard InChI is InChI=1S/C21H32N2O3/c1-15(2)17-10-8-16(9-11-17)12-13-22-19(24)18-7-6-14-23(18)20(25)26-21(3,4)5/h8-11,15,18H,6-7,12-14H2,1-5H3,(H,22,24). The van der Waals surface area contributed by atoms with Gasteiger partial charge in [0.25, 0.3) is 0 Å². The van der Waals surface area contributed by atoms with Gasteiger partial charge in [0.15, 0.2) is 0 Å². The number of rotatable bonds is 5. The van der Waals surface area contributed by atoms with Crippen LogP contribution in [0.15, 0.2) is 24.3 Å². The SMILES string of the molecule is CC(C)c1ccc(CCNC(=O)C2CCCN2C(=O)OC(C)(C)C)cc1. The summed E-state index contributed by atoms with van der Waals surface area (Å²) in [7, 11) is 0. The zero-order valence-corrected chi connectivity index (χ0v) is 16.7. The number of nitrogens with one attached hydrogen (secondary N) is 1. The molecule has 0 aromatic heterocycles. The van der Waals surface area contributed by atoms with Gasteiger partial charge in [0.1, 0.15) is 11.6 Å². The van der Waals surface area contributed by atoms with E-state index in [-0.39, 0.29) is 5.91 Å². The zero-order valence-electron chi connectivity index (χ0n) is 16.7. The van der Waals surface area contributed by atoms with E-state index in [0.717, 1.165) is 12.8 Å². The summed E-state index contributed by atoms with van der Waals surface area (Å²) < 4.78 is 5.41. The van der Waals surface area contributed by atoms with Gasteiger partial charge in [0.05, 0.1) is 0 Å². The maximum atomic E-state index is 12.5. The molecular formula is C21H32N2O3. The number of benzene rings is 1. The zero-order chi connectivity index (χ0) is 19.3. The van der Waals surface area contributed by atoms with Crippen LogP contribution >= 0.6 is 0 Å². The maximum absolute atomic E-state index is 12.5. The lowest BCUT2D eigenvalue weighted by molar-refractivity contribution is -0.125. The Hall–Kier alpha value is -2.04. The Labute approximate surface area is 157 Å². The highest BCUT2D eigenvalue weighted by atomic mass is 16.6. The molecule has 144 valence electrons. The number of carbonyl (C=O) groups excluding carboxylic acids is 2. The third kappa shape index (κ3) is 5.75. The summed E-state index contributed by atoms with van der Waals surface area (Å²) in [4.78, 5) is 26.3. The fourth-order valence-corrected chi connectivity index (χ4v) is 3.10. The molecule has 2 rings (SSSR count). The first-order valence-electron chi connectivity index (χ1n) is 9.53. The quantitative estimate of drug-likeness (QED) is 0.867. The van der Waals surface area contributed by atoms with Gasteiger partial charge in [-0.3, -0.25) is 9.69 Å². The number of likely N-dealkylation sites (tertiary alicyclic amines) is 1. The van der Waals surface area contributed by atoms with Gasteiger partial charge in [-0.25, -0.2) is 4.79 Å². The van der Waals surface area contributed by atoms with Crippen LogP contribution < -0.4 is 5.32 Å². The highest BCUT2D eigenvalue weighted by Crippen LogP contribution is 2.21. The molecule has 1 atom stereocenters. The van der Waals surface area contributed by atoms with Crippen LogP contribution in [0.25, 0.3) is 0 Å².